The Hall–Kier alpha value is -1.30. The van der Waals surface area contributed by atoms with Gasteiger partial charge in [0.05, 0.1) is 0 Å². The summed E-state index contributed by atoms with van der Waals surface area (Å²) in [5.41, 5.74) is 0. The summed E-state index contributed by atoms with van der Waals surface area (Å²) in [5, 5.41) is 6.51. The normalized spacial score (nSPS) is 15.5. The lowest BCUT2D eigenvalue weighted by Crippen LogP contribution is -2.40. The highest BCUT2D eigenvalue weighted by atomic mass is 16.2. The van der Waals surface area contributed by atoms with Crippen LogP contribution in [0.1, 0.15) is 40.0 Å². The summed E-state index contributed by atoms with van der Waals surface area (Å²) in [6.07, 6.45) is 3.32. The van der Waals surface area contributed by atoms with Crippen LogP contribution in [0, 0.1) is 0 Å². The van der Waals surface area contributed by atoms with E-state index in [1.165, 1.54) is 0 Å². The predicted octanol–water partition coefficient (Wildman–Crippen LogP) is 0.896. The second-order valence-corrected chi connectivity index (χ2v) is 5.59. The summed E-state index contributed by atoms with van der Waals surface area (Å²) in [5.74, 6) is 0.882. The van der Waals surface area contributed by atoms with Gasteiger partial charge in [-0.05, 0) is 45.8 Å². The molecule has 6 heteroatoms. The fourth-order valence-corrected chi connectivity index (χ4v) is 2.60. The van der Waals surface area contributed by atoms with E-state index >= 15 is 0 Å². The minimum atomic E-state index is 0.137. The van der Waals surface area contributed by atoms with Crippen molar-refractivity contribution in [1.29, 1.82) is 0 Å². The minimum Gasteiger partial charge on any atom is -0.357 e. The maximum Gasteiger partial charge on any atom is 0.244 e. The van der Waals surface area contributed by atoms with Gasteiger partial charge in [-0.25, -0.2) is 4.99 Å². The van der Waals surface area contributed by atoms with Gasteiger partial charge < -0.3 is 20.4 Å². The first-order valence-corrected chi connectivity index (χ1v) is 8.73. The summed E-state index contributed by atoms with van der Waals surface area (Å²) >= 11 is 0. The number of aliphatic imine (C=N–C) groups is 1. The Morgan fingerprint density at radius 2 is 1.82 bits per heavy atom. The summed E-state index contributed by atoms with van der Waals surface area (Å²) in [6.45, 7) is 13.4. The highest BCUT2D eigenvalue weighted by molar-refractivity contribution is 5.85. The Morgan fingerprint density at radius 1 is 1.14 bits per heavy atom. The Morgan fingerprint density at radius 3 is 2.41 bits per heavy atom. The molecule has 2 N–H and O–H groups in total. The van der Waals surface area contributed by atoms with Gasteiger partial charge in [-0.1, -0.05) is 13.8 Å². The lowest BCUT2D eigenvalue weighted by Gasteiger charge is -2.18. The van der Waals surface area contributed by atoms with Crippen molar-refractivity contribution in [3.05, 3.63) is 0 Å². The van der Waals surface area contributed by atoms with E-state index in [1.54, 1.807) is 0 Å². The molecule has 1 saturated heterocycles. The van der Waals surface area contributed by atoms with E-state index in [2.05, 4.69) is 34.4 Å². The number of hydrogen-bond donors (Lipinski definition) is 2. The molecule has 22 heavy (non-hydrogen) atoms. The van der Waals surface area contributed by atoms with E-state index in [9.17, 15) is 4.79 Å². The van der Waals surface area contributed by atoms with Gasteiger partial charge in [0.15, 0.2) is 5.96 Å². The zero-order valence-corrected chi connectivity index (χ0v) is 14.5. The molecule has 6 nitrogen and oxygen atoms in total. The number of nitrogens with one attached hydrogen (secondary N) is 2. The summed E-state index contributed by atoms with van der Waals surface area (Å²) in [7, 11) is 0. The molecule has 128 valence electrons. The third kappa shape index (κ3) is 7.11. The van der Waals surface area contributed by atoms with Gasteiger partial charge in [-0.2, -0.15) is 0 Å². The Kier molecular flexibility index (Phi) is 9.62. The molecular weight excluding hydrogens is 278 g/mol. The van der Waals surface area contributed by atoms with E-state index < -0.39 is 0 Å². The molecule has 0 aliphatic carbocycles. The van der Waals surface area contributed by atoms with Crippen LogP contribution < -0.4 is 10.6 Å². The maximum absolute atomic E-state index is 12.0. The second-order valence-electron chi connectivity index (χ2n) is 5.59. The fourth-order valence-electron chi connectivity index (χ4n) is 2.60. The monoisotopic (exact) mass is 311 g/mol. The molecule has 0 aromatic rings. The SMILES string of the molecule is CCNC(=NCC(=O)N1CCCC1)NCCCN(CC)CC. The van der Waals surface area contributed by atoms with Crippen LogP contribution in [0.4, 0.5) is 0 Å². The van der Waals surface area contributed by atoms with Crippen LogP contribution in [0.5, 0.6) is 0 Å². The van der Waals surface area contributed by atoms with E-state index in [0.29, 0.717) is 0 Å². The third-order valence-corrected chi connectivity index (χ3v) is 4.01. The molecule has 0 saturated carbocycles. The van der Waals surface area contributed by atoms with E-state index in [1.807, 2.05) is 11.8 Å². The van der Waals surface area contributed by atoms with Crippen LogP contribution in [-0.2, 0) is 4.79 Å². The summed E-state index contributed by atoms with van der Waals surface area (Å²) in [4.78, 5) is 20.7. The average molecular weight is 311 g/mol. The van der Waals surface area contributed by atoms with E-state index in [4.69, 9.17) is 0 Å². The third-order valence-electron chi connectivity index (χ3n) is 4.01. The van der Waals surface area contributed by atoms with Crippen molar-refractivity contribution in [2.24, 2.45) is 4.99 Å². The zero-order chi connectivity index (χ0) is 16.2. The molecule has 0 atom stereocenters. The lowest BCUT2D eigenvalue weighted by molar-refractivity contribution is -0.128. The van der Waals surface area contributed by atoms with Gasteiger partial charge in [0.2, 0.25) is 5.91 Å². The minimum absolute atomic E-state index is 0.137. The van der Waals surface area contributed by atoms with Gasteiger partial charge in [-0.3, -0.25) is 4.79 Å². The van der Waals surface area contributed by atoms with Crippen molar-refractivity contribution < 1.29 is 4.79 Å². The van der Waals surface area contributed by atoms with Crippen molar-refractivity contribution in [2.75, 3.05) is 52.4 Å². The number of carbonyl (C=O) groups is 1. The Balaban J connectivity index is 2.30. The lowest BCUT2D eigenvalue weighted by atomic mass is 10.3. The molecule has 0 radical (unpaired) electrons. The molecule has 0 aromatic heterocycles. The number of guanidine groups is 1. The molecule has 1 aliphatic heterocycles. The van der Waals surface area contributed by atoms with Crippen LogP contribution in [-0.4, -0.2) is 74.0 Å². The molecule has 1 aliphatic rings. The number of amides is 1. The molecule has 1 amide bonds. The van der Waals surface area contributed by atoms with Gasteiger partial charge >= 0.3 is 0 Å². The quantitative estimate of drug-likeness (QED) is 0.377. The van der Waals surface area contributed by atoms with E-state index in [0.717, 1.165) is 71.0 Å². The van der Waals surface area contributed by atoms with Crippen molar-refractivity contribution in [3.8, 4) is 0 Å². The standard InChI is InChI=1S/C16H33N5O/c1-4-17-16(18-10-9-11-20(5-2)6-3)19-14-15(22)21-12-7-8-13-21/h4-14H2,1-3H3,(H2,17,18,19). The zero-order valence-electron chi connectivity index (χ0n) is 14.5. The van der Waals surface area contributed by atoms with Crippen LogP contribution >= 0.6 is 0 Å². The fraction of sp³-hybridized carbons (Fsp3) is 0.875. The van der Waals surface area contributed by atoms with E-state index in [-0.39, 0.29) is 12.5 Å². The highest BCUT2D eigenvalue weighted by Gasteiger charge is 2.17. The molecule has 0 spiro atoms. The number of rotatable bonds is 9. The van der Waals surface area contributed by atoms with Gasteiger partial charge in [-0.15, -0.1) is 0 Å². The first-order chi connectivity index (χ1) is 10.7. The smallest absolute Gasteiger partial charge is 0.244 e. The van der Waals surface area contributed by atoms with Crippen molar-refractivity contribution in [1.82, 2.24) is 20.4 Å². The van der Waals surface area contributed by atoms with Gasteiger partial charge in [0, 0.05) is 26.2 Å². The van der Waals surface area contributed by atoms with Crippen LogP contribution in [0.3, 0.4) is 0 Å². The Labute approximate surface area is 135 Å². The molecule has 1 heterocycles. The first-order valence-electron chi connectivity index (χ1n) is 8.73. The number of hydrogen-bond acceptors (Lipinski definition) is 3. The molecule has 1 rings (SSSR count). The topological polar surface area (TPSA) is 60.0 Å². The van der Waals surface area contributed by atoms with Crippen molar-refractivity contribution in [3.63, 3.8) is 0 Å². The first kappa shape index (κ1) is 18.7. The number of carbonyl (C=O) groups excluding carboxylic acids is 1. The number of likely N-dealkylation sites (tertiary alicyclic amines) is 1. The van der Waals surface area contributed by atoms with Crippen molar-refractivity contribution in [2.45, 2.75) is 40.0 Å². The average Bonchev–Trinajstić information content (AvgIpc) is 3.06. The van der Waals surface area contributed by atoms with Gasteiger partial charge in [0.1, 0.15) is 6.54 Å². The summed E-state index contributed by atoms with van der Waals surface area (Å²) in [6, 6.07) is 0. The second kappa shape index (κ2) is 11.3. The molecule has 0 bridgehead atoms. The van der Waals surface area contributed by atoms with Crippen LogP contribution in [0.15, 0.2) is 4.99 Å². The van der Waals surface area contributed by atoms with Crippen molar-refractivity contribution >= 4 is 11.9 Å². The number of nitrogens with zero attached hydrogens (tertiary/aromatic N) is 3. The predicted molar refractivity (Wildman–Crippen MR) is 92.2 cm³/mol. The van der Waals surface area contributed by atoms with Gasteiger partial charge in [0.25, 0.3) is 0 Å². The summed E-state index contributed by atoms with van der Waals surface area (Å²) < 4.78 is 0. The van der Waals surface area contributed by atoms with Crippen LogP contribution in [0.25, 0.3) is 0 Å². The van der Waals surface area contributed by atoms with Crippen LogP contribution in [0.2, 0.25) is 0 Å². The highest BCUT2D eigenvalue weighted by Crippen LogP contribution is 2.07. The molecule has 1 fully saturated rings. The largest absolute Gasteiger partial charge is 0.357 e. The Bertz CT molecular complexity index is 335. The maximum atomic E-state index is 12.0. The molecule has 0 aromatic carbocycles. The molecule has 0 unspecified atom stereocenters. The molecular formula is C16H33N5O.